The number of thiol groups is 1. The summed E-state index contributed by atoms with van der Waals surface area (Å²) in [6.45, 7) is 0.386. The molecule has 0 atom stereocenters. The van der Waals surface area contributed by atoms with Gasteiger partial charge in [0.2, 0.25) is 5.96 Å². The van der Waals surface area contributed by atoms with Crippen molar-refractivity contribution in [2.24, 2.45) is 4.99 Å². The van der Waals surface area contributed by atoms with E-state index in [4.69, 9.17) is 5.26 Å². The molecule has 0 bridgehead atoms. The van der Waals surface area contributed by atoms with Crippen LogP contribution in [0.4, 0.5) is 5.69 Å². The van der Waals surface area contributed by atoms with E-state index in [0.717, 1.165) is 16.1 Å². The summed E-state index contributed by atoms with van der Waals surface area (Å²) in [6.07, 6.45) is 5.13. The van der Waals surface area contributed by atoms with Crippen molar-refractivity contribution in [1.29, 1.82) is 5.26 Å². The Bertz CT molecular complexity index is 1210. The van der Waals surface area contributed by atoms with Gasteiger partial charge in [-0.15, -0.1) is 12.6 Å². The topological polar surface area (TPSA) is 93.3 Å². The molecule has 6 nitrogen and oxygen atoms in total. The summed E-state index contributed by atoms with van der Waals surface area (Å²) in [6, 6.07) is 28.7. The van der Waals surface area contributed by atoms with E-state index in [1.54, 1.807) is 42.7 Å². The maximum Gasteiger partial charge on any atom is 0.209 e. The number of phenols is 1. The molecule has 33 heavy (non-hydrogen) atoms. The minimum absolute atomic E-state index is 0.210. The highest BCUT2D eigenvalue weighted by Crippen LogP contribution is 2.25. The van der Waals surface area contributed by atoms with Crippen LogP contribution in [0, 0.1) is 11.5 Å². The average molecular weight is 454 g/mol. The van der Waals surface area contributed by atoms with Gasteiger partial charge in [0.05, 0.1) is 18.4 Å². The highest BCUT2D eigenvalue weighted by atomic mass is 32.1. The van der Waals surface area contributed by atoms with Crippen LogP contribution < -0.4 is 10.6 Å². The lowest BCUT2D eigenvalue weighted by atomic mass is 10.1. The Morgan fingerprint density at radius 1 is 0.939 bits per heavy atom. The SMILES string of the molecule is N#CNC(=NCc1ccc(O)cc1)Nc1cccnc1.Sc1ccccc1-c1ccccc1. The zero-order valence-corrected chi connectivity index (χ0v) is 18.7. The van der Waals surface area contributed by atoms with E-state index in [0.29, 0.717) is 12.5 Å². The first-order valence-corrected chi connectivity index (χ1v) is 10.6. The number of rotatable bonds is 4. The maximum atomic E-state index is 9.20. The number of nitrogens with zero attached hydrogens (tertiary/aromatic N) is 3. The Morgan fingerprint density at radius 3 is 2.33 bits per heavy atom. The highest BCUT2D eigenvalue weighted by molar-refractivity contribution is 7.80. The fourth-order valence-corrected chi connectivity index (χ4v) is 3.13. The number of pyridine rings is 1. The van der Waals surface area contributed by atoms with Crippen LogP contribution in [0.1, 0.15) is 5.56 Å². The molecule has 0 amide bonds. The third kappa shape index (κ3) is 7.73. The van der Waals surface area contributed by atoms with Crippen molar-refractivity contribution < 1.29 is 5.11 Å². The molecule has 0 saturated heterocycles. The van der Waals surface area contributed by atoms with Gasteiger partial charge in [0, 0.05) is 11.1 Å². The summed E-state index contributed by atoms with van der Waals surface area (Å²) in [7, 11) is 0. The van der Waals surface area contributed by atoms with E-state index in [2.05, 4.69) is 51.4 Å². The van der Waals surface area contributed by atoms with Gasteiger partial charge >= 0.3 is 0 Å². The quantitative estimate of drug-likeness (QED) is 0.108. The molecule has 164 valence electrons. The van der Waals surface area contributed by atoms with Crippen molar-refractivity contribution in [3.63, 3.8) is 0 Å². The normalized spacial score (nSPS) is 10.4. The zero-order chi connectivity index (χ0) is 23.3. The fraction of sp³-hybridized carbons (Fsp3) is 0.0385. The molecular formula is C26H23N5OS. The molecule has 1 aromatic heterocycles. The van der Waals surface area contributed by atoms with Gasteiger partial charge in [-0.1, -0.05) is 60.7 Å². The van der Waals surface area contributed by atoms with E-state index in [1.165, 1.54) is 11.1 Å². The van der Waals surface area contributed by atoms with Crippen molar-refractivity contribution in [3.8, 4) is 23.1 Å². The fourth-order valence-electron chi connectivity index (χ4n) is 2.84. The van der Waals surface area contributed by atoms with Crippen LogP contribution in [0.2, 0.25) is 0 Å². The molecule has 0 aliphatic heterocycles. The molecule has 0 unspecified atom stereocenters. The molecule has 4 rings (SSSR count). The highest BCUT2D eigenvalue weighted by Gasteiger charge is 2.00. The summed E-state index contributed by atoms with van der Waals surface area (Å²) in [5.41, 5.74) is 4.06. The summed E-state index contributed by atoms with van der Waals surface area (Å²) >= 11 is 4.41. The van der Waals surface area contributed by atoms with Crippen molar-refractivity contribution in [1.82, 2.24) is 10.3 Å². The van der Waals surface area contributed by atoms with E-state index in [1.807, 2.05) is 48.7 Å². The Kier molecular flexibility index (Phi) is 8.89. The molecule has 0 saturated carbocycles. The number of guanidine groups is 1. The monoisotopic (exact) mass is 453 g/mol. The first-order chi connectivity index (χ1) is 16.2. The molecule has 1 heterocycles. The number of hydrogen-bond donors (Lipinski definition) is 4. The minimum Gasteiger partial charge on any atom is -0.508 e. The van der Waals surface area contributed by atoms with Gasteiger partial charge in [0.25, 0.3) is 0 Å². The van der Waals surface area contributed by atoms with Crippen LogP contribution in [0.3, 0.4) is 0 Å². The third-order valence-corrected chi connectivity index (χ3v) is 4.83. The van der Waals surface area contributed by atoms with Crippen LogP contribution >= 0.6 is 12.6 Å². The number of aliphatic imine (C=N–C) groups is 1. The lowest BCUT2D eigenvalue weighted by Crippen LogP contribution is -2.26. The Hall–Kier alpha value is -4.28. The van der Waals surface area contributed by atoms with Crippen LogP contribution in [-0.2, 0) is 6.54 Å². The number of hydrogen-bond acceptors (Lipinski definition) is 5. The van der Waals surface area contributed by atoms with Crippen molar-refractivity contribution in [2.75, 3.05) is 5.32 Å². The van der Waals surface area contributed by atoms with E-state index in [9.17, 15) is 5.11 Å². The number of anilines is 1. The average Bonchev–Trinajstić information content (AvgIpc) is 2.86. The van der Waals surface area contributed by atoms with Gasteiger partial charge in [-0.3, -0.25) is 10.3 Å². The Balaban J connectivity index is 0.000000203. The minimum atomic E-state index is 0.210. The van der Waals surface area contributed by atoms with E-state index < -0.39 is 0 Å². The second-order valence-electron chi connectivity index (χ2n) is 6.82. The molecular weight excluding hydrogens is 430 g/mol. The van der Waals surface area contributed by atoms with Gasteiger partial charge in [-0.2, -0.15) is 5.26 Å². The van der Waals surface area contributed by atoms with Crippen molar-refractivity contribution >= 4 is 24.3 Å². The Morgan fingerprint density at radius 2 is 1.67 bits per heavy atom. The summed E-state index contributed by atoms with van der Waals surface area (Å²) in [5.74, 6) is 0.551. The lowest BCUT2D eigenvalue weighted by Gasteiger charge is -2.07. The summed E-state index contributed by atoms with van der Waals surface area (Å²) in [5, 5.41) is 23.4. The number of phenolic OH excluding ortho intramolecular Hbond substituents is 1. The van der Waals surface area contributed by atoms with Gasteiger partial charge in [-0.05, 0) is 47.0 Å². The molecule has 3 N–H and O–H groups in total. The summed E-state index contributed by atoms with van der Waals surface area (Å²) < 4.78 is 0. The van der Waals surface area contributed by atoms with Gasteiger partial charge in [0.15, 0.2) is 6.19 Å². The van der Waals surface area contributed by atoms with Crippen LogP contribution in [-0.4, -0.2) is 16.1 Å². The predicted octanol–water partition coefficient (Wildman–Crippen LogP) is 5.47. The number of nitriles is 1. The first-order valence-electron chi connectivity index (χ1n) is 10.1. The second kappa shape index (κ2) is 12.5. The Labute approximate surface area is 198 Å². The van der Waals surface area contributed by atoms with Crippen LogP contribution in [0.15, 0.2) is 113 Å². The molecule has 7 heteroatoms. The zero-order valence-electron chi connectivity index (χ0n) is 17.8. The van der Waals surface area contributed by atoms with Crippen molar-refractivity contribution in [2.45, 2.75) is 11.4 Å². The van der Waals surface area contributed by atoms with Crippen LogP contribution in [0.5, 0.6) is 5.75 Å². The molecule has 0 radical (unpaired) electrons. The second-order valence-corrected chi connectivity index (χ2v) is 7.30. The van der Waals surface area contributed by atoms with Gasteiger partial charge in [-0.25, -0.2) is 4.99 Å². The molecule has 0 aliphatic rings. The van der Waals surface area contributed by atoms with Gasteiger partial charge in [0.1, 0.15) is 5.75 Å². The largest absolute Gasteiger partial charge is 0.508 e. The smallest absolute Gasteiger partial charge is 0.209 e. The number of aromatic hydroxyl groups is 1. The number of aromatic nitrogens is 1. The lowest BCUT2D eigenvalue weighted by molar-refractivity contribution is 0.475. The molecule has 4 aromatic rings. The number of benzene rings is 3. The standard InChI is InChI=1S/C14H13N5O.C12H10S/c15-10-18-14(19-12-2-1-7-16-9-12)17-8-11-3-5-13(20)6-4-11;13-12-9-5-4-8-11(12)10-6-2-1-3-7-10/h1-7,9,20H,8H2,(H2,17,18,19);1-9,13H. The molecule has 0 spiro atoms. The van der Waals surface area contributed by atoms with E-state index in [-0.39, 0.29) is 5.75 Å². The van der Waals surface area contributed by atoms with E-state index >= 15 is 0 Å². The van der Waals surface area contributed by atoms with Crippen molar-refractivity contribution in [3.05, 3.63) is 109 Å². The molecule has 0 aliphatic carbocycles. The maximum absolute atomic E-state index is 9.20. The first kappa shape index (κ1) is 23.4. The van der Waals surface area contributed by atoms with Crippen LogP contribution in [0.25, 0.3) is 11.1 Å². The van der Waals surface area contributed by atoms with Gasteiger partial charge < -0.3 is 10.4 Å². The summed E-state index contributed by atoms with van der Waals surface area (Å²) in [4.78, 5) is 9.26. The molecule has 3 aromatic carbocycles. The number of nitrogens with one attached hydrogen (secondary N) is 2. The molecule has 0 fully saturated rings. The third-order valence-electron chi connectivity index (χ3n) is 4.44. The predicted molar refractivity (Wildman–Crippen MR) is 135 cm³/mol.